The monoisotopic (exact) mass is 348 g/mol. The molecule has 0 unspecified atom stereocenters. The van der Waals surface area contributed by atoms with Crippen LogP contribution in [-0.4, -0.2) is 48.9 Å². The first-order valence-electron chi connectivity index (χ1n) is 8.13. The number of aliphatic hydroxyl groups excluding tert-OH is 1. The number of methoxy groups -OCH3 is 1. The van der Waals surface area contributed by atoms with Crippen molar-refractivity contribution < 1.29 is 24.2 Å². The molecule has 25 heavy (non-hydrogen) atoms. The van der Waals surface area contributed by atoms with Crippen molar-refractivity contribution in [3.05, 3.63) is 42.0 Å². The maximum absolute atomic E-state index is 12.1. The lowest BCUT2D eigenvalue weighted by Gasteiger charge is -2.31. The van der Waals surface area contributed by atoms with Crippen LogP contribution >= 0.6 is 0 Å². The number of rotatable bonds is 7. The SMILES string of the molecule is COc1ccccc1CNC(=O)C[C@@H]1C=C[C@H](NC(C)=O)[C@@H](CO)O1. The molecule has 1 heterocycles. The predicted octanol–water partition coefficient (Wildman–Crippen LogP) is 0.522. The first kappa shape index (κ1) is 19.0. The van der Waals surface area contributed by atoms with Crippen molar-refractivity contribution in [3.8, 4) is 5.75 Å². The third kappa shape index (κ3) is 5.58. The van der Waals surface area contributed by atoms with Crippen molar-refractivity contribution >= 4 is 11.8 Å². The van der Waals surface area contributed by atoms with Crippen LogP contribution in [0.25, 0.3) is 0 Å². The van der Waals surface area contributed by atoms with Gasteiger partial charge >= 0.3 is 0 Å². The number of aliphatic hydroxyl groups is 1. The zero-order chi connectivity index (χ0) is 18.2. The van der Waals surface area contributed by atoms with Gasteiger partial charge < -0.3 is 25.2 Å². The summed E-state index contributed by atoms with van der Waals surface area (Å²) in [6.45, 7) is 1.52. The zero-order valence-corrected chi connectivity index (χ0v) is 14.4. The van der Waals surface area contributed by atoms with Gasteiger partial charge in [0.25, 0.3) is 0 Å². The van der Waals surface area contributed by atoms with Crippen molar-refractivity contribution in [2.24, 2.45) is 0 Å². The lowest BCUT2D eigenvalue weighted by atomic mass is 10.0. The molecular weight excluding hydrogens is 324 g/mol. The van der Waals surface area contributed by atoms with Crippen LogP contribution in [0.3, 0.4) is 0 Å². The Morgan fingerprint density at radius 2 is 2.04 bits per heavy atom. The van der Waals surface area contributed by atoms with Crippen molar-refractivity contribution in [3.63, 3.8) is 0 Å². The van der Waals surface area contributed by atoms with E-state index in [2.05, 4.69) is 10.6 Å². The molecule has 2 rings (SSSR count). The molecule has 2 amide bonds. The molecule has 1 aromatic carbocycles. The van der Waals surface area contributed by atoms with Crippen molar-refractivity contribution in [1.29, 1.82) is 0 Å². The van der Waals surface area contributed by atoms with Crippen LogP contribution in [0.15, 0.2) is 36.4 Å². The molecule has 0 spiro atoms. The molecule has 1 aliphatic rings. The van der Waals surface area contributed by atoms with Crippen molar-refractivity contribution in [2.45, 2.75) is 38.1 Å². The molecule has 0 aliphatic carbocycles. The van der Waals surface area contributed by atoms with Gasteiger partial charge in [-0.05, 0) is 6.07 Å². The van der Waals surface area contributed by atoms with Crippen LogP contribution in [0.5, 0.6) is 5.75 Å². The summed E-state index contributed by atoms with van der Waals surface area (Å²) in [7, 11) is 1.59. The minimum absolute atomic E-state index is 0.134. The lowest BCUT2D eigenvalue weighted by Crippen LogP contribution is -2.48. The number of benzene rings is 1. The normalized spacial score (nSPS) is 22.3. The van der Waals surface area contributed by atoms with E-state index in [4.69, 9.17) is 9.47 Å². The molecule has 7 heteroatoms. The van der Waals surface area contributed by atoms with Gasteiger partial charge in [0.1, 0.15) is 11.9 Å². The second-order valence-electron chi connectivity index (χ2n) is 5.80. The van der Waals surface area contributed by atoms with Crippen molar-refractivity contribution in [1.82, 2.24) is 10.6 Å². The first-order valence-corrected chi connectivity index (χ1v) is 8.13. The Morgan fingerprint density at radius 1 is 1.28 bits per heavy atom. The summed E-state index contributed by atoms with van der Waals surface area (Å²) in [4.78, 5) is 23.3. The fraction of sp³-hybridized carbons (Fsp3) is 0.444. The molecule has 136 valence electrons. The number of hydrogen-bond acceptors (Lipinski definition) is 5. The second-order valence-corrected chi connectivity index (χ2v) is 5.80. The number of ether oxygens (including phenoxy) is 2. The highest BCUT2D eigenvalue weighted by molar-refractivity contribution is 5.77. The van der Waals surface area contributed by atoms with Gasteiger partial charge in [0.15, 0.2) is 0 Å². The van der Waals surface area contributed by atoms with E-state index in [0.29, 0.717) is 6.54 Å². The molecule has 1 aliphatic heterocycles. The highest BCUT2D eigenvalue weighted by Gasteiger charge is 2.28. The molecule has 0 aromatic heterocycles. The second kappa shape index (κ2) is 9.19. The van der Waals surface area contributed by atoms with Crippen LogP contribution in [0.4, 0.5) is 0 Å². The Labute approximate surface area is 147 Å². The van der Waals surface area contributed by atoms with E-state index >= 15 is 0 Å². The van der Waals surface area contributed by atoms with E-state index in [1.165, 1.54) is 6.92 Å². The smallest absolute Gasteiger partial charge is 0.223 e. The Kier molecular flexibility index (Phi) is 6.97. The Balaban J connectivity index is 1.87. The van der Waals surface area contributed by atoms with E-state index in [9.17, 15) is 14.7 Å². The molecule has 7 nitrogen and oxygen atoms in total. The van der Waals surface area contributed by atoms with Gasteiger partial charge in [-0.25, -0.2) is 0 Å². The topological polar surface area (TPSA) is 96.9 Å². The fourth-order valence-electron chi connectivity index (χ4n) is 2.67. The average Bonchev–Trinajstić information content (AvgIpc) is 2.61. The van der Waals surface area contributed by atoms with E-state index in [1.54, 1.807) is 19.3 Å². The Bertz CT molecular complexity index is 632. The third-order valence-corrected chi connectivity index (χ3v) is 3.89. The summed E-state index contributed by atoms with van der Waals surface area (Å²) in [5, 5.41) is 14.9. The number of amides is 2. The van der Waals surface area contributed by atoms with E-state index in [1.807, 2.05) is 24.3 Å². The van der Waals surface area contributed by atoms with Crippen LogP contribution in [-0.2, 0) is 20.9 Å². The van der Waals surface area contributed by atoms with Gasteiger partial charge in [-0.15, -0.1) is 0 Å². The number of para-hydroxylation sites is 1. The lowest BCUT2D eigenvalue weighted by molar-refractivity contribution is -0.127. The molecule has 0 fully saturated rings. The molecule has 1 aromatic rings. The number of carbonyl (C=O) groups is 2. The Morgan fingerprint density at radius 3 is 2.72 bits per heavy atom. The molecule has 0 saturated heterocycles. The highest BCUT2D eigenvalue weighted by Crippen LogP contribution is 2.18. The molecular formula is C18H24N2O5. The maximum Gasteiger partial charge on any atom is 0.223 e. The minimum atomic E-state index is -0.569. The predicted molar refractivity (Wildman–Crippen MR) is 91.9 cm³/mol. The van der Waals surface area contributed by atoms with Gasteiger partial charge in [0.05, 0.1) is 32.3 Å². The molecule has 3 N–H and O–H groups in total. The van der Waals surface area contributed by atoms with Gasteiger partial charge in [0, 0.05) is 19.0 Å². The van der Waals surface area contributed by atoms with Crippen molar-refractivity contribution in [2.75, 3.05) is 13.7 Å². The zero-order valence-electron chi connectivity index (χ0n) is 14.4. The van der Waals surface area contributed by atoms with Crippen LogP contribution in [0, 0.1) is 0 Å². The summed E-state index contributed by atoms with van der Waals surface area (Å²) < 4.78 is 10.9. The molecule has 0 saturated carbocycles. The fourth-order valence-corrected chi connectivity index (χ4v) is 2.67. The van der Waals surface area contributed by atoms with E-state index < -0.39 is 18.2 Å². The highest BCUT2D eigenvalue weighted by atomic mass is 16.5. The molecule has 0 bridgehead atoms. The Hall–Kier alpha value is -2.38. The minimum Gasteiger partial charge on any atom is -0.496 e. The van der Waals surface area contributed by atoms with Crippen LogP contribution < -0.4 is 15.4 Å². The number of carbonyl (C=O) groups excluding carboxylic acids is 2. The largest absolute Gasteiger partial charge is 0.496 e. The van der Waals surface area contributed by atoms with E-state index in [-0.39, 0.29) is 24.8 Å². The van der Waals surface area contributed by atoms with Gasteiger partial charge in [-0.2, -0.15) is 0 Å². The summed E-state index contributed by atoms with van der Waals surface area (Å²) in [5.74, 6) is 0.343. The molecule has 0 radical (unpaired) electrons. The number of nitrogens with one attached hydrogen (secondary N) is 2. The standard InChI is InChI=1S/C18H24N2O5/c1-12(22)20-15-8-7-14(25-17(15)11-21)9-18(23)19-10-13-5-3-4-6-16(13)24-2/h3-8,14-15,17,21H,9-11H2,1-2H3,(H,19,23)(H,20,22)/t14-,15-,17+/m0/s1. The van der Waals surface area contributed by atoms with Gasteiger partial charge in [-0.1, -0.05) is 30.4 Å². The third-order valence-electron chi connectivity index (χ3n) is 3.89. The molecule has 3 atom stereocenters. The van der Waals surface area contributed by atoms with Gasteiger partial charge in [0.2, 0.25) is 11.8 Å². The first-order chi connectivity index (χ1) is 12.0. The van der Waals surface area contributed by atoms with E-state index in [0.717, 1.165) is 11.3 Å². The maximum atomic E-state index is 12.1. The van der Waals surface area contributed by atoms with Gasteiger partial charge in [-0.3, -0.25) is 9.59 Å². The van der Waals surface area contributed by atoms with Crippen LogP contribution in [0.1, 0.15) is 18.9 Å². The average molecular weight is 348 g/mol. The summed E-state index contributed by atoms with van der Waals surface area (Å²) >= 11 is 0. The summed E-state index contributed by atoms with van der Waals surface area (Å²) in [6.07, 6.45) is 2.61. The quantitative estimate of drug-likeness (QED) is 0.624. The summed E-state index contributed by atoms with van der Waals surface area (Å²) in [6, 6.07) is 7.07. The van der Waals surface area contributed by atoms with Crippen LogP contribution in [0.2, 0.25) is 0 Å². The number of hydrogen-bond donors (Lipinski definition) is 3. The summed E-state index contributed by atoms with van der Waals surface area (Å²) in [5.41, 5.74) is 0.886.